The third-order valence-electron chi connectivity index (χ3n) is 2.75. The van der Waals surface area contributed by atoms with Crippen LogP contribution in [0.2, 0.25) is 0 Å². The van der Waals surface area contributed by atoms with E-state index >= 15 is 0 Å². The smallest absolute Gasteiger partial charge is 0.153 e. The normalized spacial score (nSPS) is 14.8. The van der Waals surface area contributed by atoms with Crippen LogP contribution < -0.4 is 0 Å². The standard InChI is InChI=1S/C11H21N3/c1-7(2)9-12-10(14-13-9)8(3)11(4,5)6/h7-8H,1-6H3,(H,12,13,14). The molecule has 3 nitrogen and oxygen atoms in total. The van der Waals surface area contributed by atoms with Crippen molar-refractivity contribution in [3.63, 3.8) is 0 Å². The van der Waals surface area contributed by atoms with Crippen LogP contribution in [-0.4, -0.2) is 15.2 Å². The highest BCUT2D eigenvalue weighted by Gasteiger charge is 2.24. The van der Waals surface area contributed by atoms with Gasteiger partial charge in [-0.2, -0.15) is 5.10 Å². The summed E-state index contributed by atoms with van der Waals surface area (Å²) in [6, 6.07) is 0. The minimum atomic E-state index is 0.230. The lowest BCUT2D eigenvalue weighted by molar-refractivity contribution is 0.328. The van der Waals surface area contributed by atoms with Crippen LogP contribution in [-0.2, 0) is 0 Å². The van der Waals surface area contributed by atoms with Crippen molar-refractivity contribution < 1.29 is 0 Å². The summed E-state index contributed by atoms with van der Waals surface area (Å²) in [4.78, 5) is 4.51. The van der Waals surface area contributed by atoms with E-state index in [0.29, 0.717) is 11.8 Å². The van der Waals surface area contributed by atoms with Crippen molar-refractivity contribution >= 4 is 0 Å². The Hall–Kier alpha value is -0.860. The van der Waals surface area contributed by atoms with Gasteiger partial charge in [0.1, 0.15) is 5.82 Å². The molecule has 1 aromatic rings. The Morgan fingerprint density at radius 1 is 1.14 bits per heavy atom. The van der Waals surface area contributed by atoms with Crippen LogP contribution in [0, 0.1) is 5.41 Å². The predicted octanol–water partition coefficient (Wildman–Crippen LogP) is 3.08. The number of rotatable bonds is 2. The van der Waals surface area contributed by atoms with Gasteiger partial charge >= 0.3 is 0 Å². The first-order valence-corrected chi connectivity index (χ1v) is 5.24. The summed E-state index contributed by atoms with van der Waals surface area (Å²) in [5.41, 5.74) is 0.230. The first-order valence-electron chi connectivity index (χ1n) is 5.24. The van der Waals surface area contributed by atoms with E-state index in [1.165, 1.54) is 0 Å². The summed E-state index contributed by atoms with van der Waals surface area (Å²) in [5.74, 6) is 2.71. The van der Waals surface area contributed by atoms with Gasteiger partial charge in [-0.1, -0.05) is 41.5 Å². The third kappa shape index (κ3) is 2.34. The summed E-state index contributed by atoms with van der Waals surface area (Å²) in [7, 11) is 0. The molecular weight excluding hydrogens is 174 g/mol. The molecule has 0 spiro atoms. The average molecular weight is 195 g/mol. The van der Waals surface area contributed by atoms with Gasteiger partial charge in [0.2, 0.25) is 0 Å². The van der Waals surface area contributed by atoms with Crippen LogP contribution in [0.15, 0.2) is 0 Å². The van der Waals surface area contributed by atoms with Crippen LogP contribution in [0.5, 0.6) is 0 Å². The largest absolute Gasteiger partial charge is 0.263 e. The number of H-pyrrole nitrogens is 1. The van der Waals surface area contributed by atoms with Crippen LogP contribution in [0.25, 0.3) is 0 Å². The molecule has 1 atom stereocenters. The monoisotopic (exact) mass is 195 g/mol. The van der Waals surface area contributed by atoms with Gasteiger partial charge in [0.15, 0.2) is 5.82 Å². The SMILES string of the molecule is CC(C)c1n[nH]c(C(C)C(C)(C)C)n1. The molecule has 0 amide bonds. The molecule has 1 rings (SSSR count). The quantitative estimate of drug-likeness (QED) is 0.788. The molecule has 0 aliphatic heterocycles. The van der Waals surface area contributed by atoms with Crippen molar-refractivity contribution in [2.45, 2.75) is 53.4 Å². The minimum Gasteiger partial charge on any atom is -0.263 e. The van der Waals surface area contributed by atoms with E-state index in [9.17, 15) is 0 Å². The second-order valence-electron chi connectivity index (χ2n) is 5.32. The van der Waals surface area contributed by atoms with Crippen molar-refractivity contribution in [3.05, 3.63) is 11.6 Å². The Balaban J connectivity index is 2.87. The Morgan fingerprint density at radius 3 is 2.07 bits per heavy atom. The van der Waals surface area contributed by atoms with Gasteiger partial charge in [-0.25, -0.2) is 4.98 Å². The van der Waals surface area contributed by atoms with Gasteiger partial charge in [0, 0.05) is 11.8 Å². The molecule has 0 aromatic carbocycles. The number of aromatic nitrogens is 3. The lowest BCUT2D eigenvalue weighted by atomic mass is 9.82. The Kier molecular flexibility index (Phi) is 2.98. The van der Waals surface area contributed by atoms with Crippen LogP contribution in [0.3, 0.4) is 0 Å². The third-order valence-corrected chi connectivity index (χ3v) is 2.75. The molecule has 3 heteroatoms. The molecular formula is C11H21N3. The summed E-state index contributed by atoms with van der Waals surface area (Å²) in [6.07, 6.45) is 0. The predicted molar refractivity (Wildman–Crippen MR) is 58.3 cm³/mol. The second kappa shape index (κ2) is 3.71. The molecule has 0 saturated carbocycles. The fourth-order valence-corrected chi connectivity index (χ4v) is 1.15. The summed E-state index contributed by atoms with van der Waals surface area (Å²) in [6.45, 7) is 13.0. The summed E-state index contributed by atoms with van der Waals surface area (Å²) in [5, 5.41) is 7.25. The van der Waals surface area contributed by atoms with Gasteiger partial charge in [-0.15, -0.1) is 0 Å². The van der Waals surface area contributed by atoms with Crippen LogP contribution in [0.1, 0.15) is 65.0 Å². The van der Waals surface area contributed by atoms with E-state index in [1.54, 1.807) is 0 Å². The Bertz CT molecular complexity index is 294. The second-order valence-corrected chi connectivity index (χ2v) is 5.32. The molecule has 80 valence electrons. The first kappa shape index (κ1) is 11.2. The van der Waals surface area contributed by atoms with E-state index in [2.05, 4.69) is 56.7 Å². The zero-order chi connectivity index (χ0) is 10.9. The molecule has 0 radical (unpaired) electrons. The molecule has 1 unspecified atom stereocenters. The number of hydrogen-bond acceptors (Lipinski definition) is 2. The van der Waals surface area contributed by atoms with Crippen molar-refractivity contribution in [1.82, 2.24) is 15.2 Å². The van der Waals surface area contributed by atoms with Gasteiger partial charge in [-0.3, -0.25) is 5.10 Å². The van der Waals surface area contributed by atoms with E-state index in [4.69, 9.17) is 0 Å². The van der Waals surface area contributed by atoms with Gasteiger partial charge in [0.25, 0.3) is 0 Å². The van der Waals surface area contributed by atoms with E-state index < -0.39 is 0 Å². The Labute approximate surface area is 86.3 Å². The van der Waals surface area contributed by atoms with Crippen LogP contribution >= 0.6 is 0 Å². The molecule has 0 aliphatic carbocycles. The molecule has 14 heavy (non-hydrogen) atoms. The molecule has 0 bridgehead atoms. The zero-order valence-corrected chi connectivity index (χ0v) is 10.0. The van der Waals surface area contributed by atoms with E-state index in [-0.39, 0.29) is 5.41 Å². The fraction of sp³-hybridized carbons (Fsp3) is 0.818. The van der Waals surface area contributed by atoms with Gasteiger partial charge in [0.05, 0.1) is 0 Å². The maximum atomic E-state index is 4.51. The topological polar surface area (TPSA) is 41.6 Å². The highest BCUT2D eigenvalue weighted by atomic mass is 15.2. The Morgan fingerprint density at radius 2 is 1.71 bits per heavy atom. The molecule has 1 aromatic heterocycles. The number of aromatic amines is 1. The summed E-state index contributed by atoms with van der Waals surface area (Å²) >= 11 is 0. The zero-order valence-electron chi connectivity index (χ0n) is 10.0. The highest BCUT2D eigenvalue weighted by Crippen LogP contribution is 2.32. The van der Waals surface area contributed by atoms with E-state index in [1.807, 2.05) is 0 Å². The maximum absolute atomic E-state index is 4.51. The highest BCUT2D eigenvalue weighted by molar-refractivity contribution is 5.02. The van der Waals surface area contributed by atoms with Crippen molar-refractivity contribution in [2.75, 3.05) is 0 Å². The van der Waals surface area contributed by atoms with Crippen molar-refractivity contribution in [2.24, 2.45) is 5.41 Å². The molecule has 1 heterocycles. The van der Waals surface area contributed by atoms with Crippen molar-refractivity contribution in [3.8, 4) is 0 Å². The average Bonchev–Trinajstić information content (AvgIpc) is 2.48. The fourth-order valence-electron chi connectivity index (χ4n) is 1.15. The molecule has 0 fully saturated rings. The van der Waals surface area contributed by atoms with Gasteiger partial charge < -0.3 is 0 Å². The van der Waals surface area contributed by atoms with Crippen molar-refractivity contribution in [1.29, 1.82) is 0 Å². The molecule has 0 saturated heterocycles. The maximum Gasteiger partial charge on any atom is 0.153 e. The lowest BCUT2D eigenvalue weighted by Gasteiger charge is -2.24. The minimum absolute atomic E-state index is 0.230. The first-order chi connectivity index (χ1) is 6.32. The van der Waals surface area contributed by atoms with E-state index in [0.717, 1.165) is 11.6 Å². The number of hydrogen-bond donors (Lipinski definition) is 1. The number of nitrogens with one attached hydrogen (secondary N) is 1. The molecule has 1 N–H and O–H groups in total. The summed E-state index contributed by atoms with van der Waals surface area (Å²) < 4.78 is 0. The van der Waals surface area contributed by atoms with Crippen LogP contribution in [0.4, 0.5) is 0 Å². The molecule has 0 aliphatic rings. The van der Waals surface area contributed by atoms with Gasteiger partial charge in [-0.05, 0) is 5.41 Å². The lowest BCUT2D eigenvalue weighted by Crippen LogP contribution is -2.16. The number of nitrogens with zero attached hydrogens (tertiary/aromatic N) is 2.